The lowest BCUT2D eigenvalue weighted by Gasteiger charge is -2.32. The first-order valence-corrected chi connectivity index (χ1v) is 11.0. The van der Waals surface area contributed by atoms with Crippen LogP contribution in [0.1, 0.15) is 0 Å². The van der Waals surface area contributed by atoms with E-state index in [4.69, 9.17) is 9.47 Å². The third kappa shape index (κ3) is 4.98. The molecule has 2 aliphatic heterocycles. The summed E-state index contributed by atoms with van der Waals surface area (Å²) in [5.41, 5.74) is 2.92. The van der Waals surface area contributed by atoms with Crippen molar-refractivity contribution in [2.75, 3.05) is 62.0 Å². The summed E-state index contributed by atoms with van der Waals surface area (Å²) < 4.78 is 11.1. The summed E-state index contributed by atoms with van der Waals surface area (Å²) in [7, 11) is 2.13. The van der Waals surface area contributed by atoms with E-state index in [-0.39, 0.29) is 6.03 Å². The van der Waals surface area contributed by atoms with Gasteiger partial charge in [-0.1, -0.05) is 12.1 Å². The van der Waals surface area contributed by atoms with Gasteiger partial charge in [0.2, 0.25) is 0 Å². The Labute approximate surface area is 192 Å². The molecule has 0 bridgehead atoms. The normalized spacial score (nSPS) is 15.7. The molecule has 0 radical (unpaired) electrons. The van der Waals surface area contributed by atoms with Gasteiger partial charge in [-0.15, -0.1) is 10.2 Å². The average molecular weight is 447 g/mol. The number of ether oxygens (including phenoxy) is 2. The monoisotopic (exact) mass is 446 g/mol. The highest BCUT2D eigenvalue weighted by Gasteiger charge is 2.16. The SMILES string of the molecule is CN1CCN(c2ccc(-c3cccc(NC(=O)Nc4ccc5c(c4)OCCO5)c3)nn2)CC1. The van der Waals surface area contributed by atoms with Gasteiger partial charge in [0.25, 0.3) is 0 Å². The summed E-state index contributed by atoms with van der Waals surface area (Å²) in [4.78, 5) is 17.1. The van der Waals surface area contributed by atoms with Crippen molar-refractivity contribution in [2.45, 2.75) is 0 Å². The standard InChI is InChI=1S/C24H26N6O3/c1-29-9-11-30(12-10-29)23-8-6-20(27-28-23)17-3-2-4-18(15-17)25-24(31)26-19-5-7-21-22(16-19)33-14-13-32-21/h2-8,15-16H,9-14H2,1H3,(H2,25,26,31). The van der Waals surface area contributed by atoms with Crippen LogP contribution in [0.5, 0.6) is 11.5 Å². The molecular weight excluding hydrogens is 420 g/mol. The van der Waals surface area contributed by atoms with E-state index >= 15 is 0 Å². The first kappa shape index (κ1) is 21.0. The van der Waals surface area contributed by atoms with Crippen molar-refractivity contribution in [3.05, 3.63) is 54.6 Å². The van der Waals surface area contributed by atoms with Gasteiger partial charge in [0.1, 0.15) is 13.2 Å². The van der Waals surface area contributed by atoms with Crippen LogP contribution in [-0.4, -0.2) is 67.6 Å². The number of hydrogen-bond acceptors (Lipinski definition) is 7. The lowest BCUT2D eigenvalue weighted by Crippen LogP contribution is -2.44. The molecule has 2 aromatic carbocycles. The number of carbonyl (C=O) groups excluding carboxylic acids is 1. The molecule has 0 unspecified atom stereocenters. The molecule has 5 rings (SSSR count). The number of piperazine rings is 1. The molecule has 2 N–H and O–H groups in total. The second-order valence-electron chi connectivity index (χ2n) is 8.09. The van der Waals surface area contributed by atoms with Gasteiger partial charge in [0, 0.05) is 49.2 Å². The van der Waals surface area contributed by atoms with E-state index in [9.17, 15) is 4.79 Å². The zero-order valence-electron chi connectivity index (χ0n) is 18.5. The van der Waals surface area contributed by atoms with E-state index in [2.05, 4.69) is 37.7 Å². The third-order valence-corrected chi connectivity index (χ3v) is 5.69. The molecule has 0 aliphatic carbocycles. The summed E-state index contributed by atoms with van der Waals surface area (Å²) >= 11 is 0. The molecule has 1 aromatic heterocycles. The maximum Gasteiger partial charge on any atom is 0.323 e. The highest BCUT2D eigenvalue weighted by molar-refractivity contribution is 6.00. The average Bonchev–Trinajstić information content (AvgIpc) is 2.85. The van der Waals surface area contributed by atoms with Gasteiger partial charge in [-0.2, -0.15) is 0 Å². The lowest BCUT2D eigenvalue weighted by molar-refractivity contribution is 0.171. The number of urea groups is 1. The Balaban J connectivity index is 1.23. The molecule has 0 atom stereocenters. The van der Waals surface area contributed by atoms with Gasteiger partial charge in [-0.3, -0.25) is 0 Å². The molecule has 1 saturated heterocycles. The number of hydrogen-bond donors (Lipinski definition) is 2. The summed E-state index contributed by atoms with van der Waals surface area (Å²) in [6.07, 6.45) is 0. The first-order chi connectivity index (χ1) is 16.1. The third-order valence-electron chi connectivity index (χ3n) is 5.69. The Bertz CT molecular complexity index is 1130. The van der Waals surface area contributed by atoms with Crippen LogP contribution >= 0.6 is 0 Å². The zero-order valence-corrected chi connectivity index (χ0v) is 18.5. The molecule has 2 amide bonds. The van der Waals surface area contributed by atoms with Crippen LogP contribution in [0.15, 0.2) is 54.6 Å². The van der Waals surface area contributed by atoms with Gasteiger partial charge in [-0.25, -0.2) is 4.79 Å². The van der Waals surface area contributed by atoms with Crippen molar-refractivity contribution in [1.29, 1.82) is 0 Å². The van der Waals surface area contributed by atoms with Crippen molar-refractivity contribution in [3.8, 4) is 22.8 Å². The van der Waals surface area contributed by atoms with Gasteiger partial charge in [0.05, 0.1) is 5.69 Å². The minimum atomic E-state index is -0.347. The number of rotatable bonds is 4. The van der Waals surface area contributed by atoms with Crippen LogP contribution < -0.4 is 25.0 Å². The molecule has 170 valence electrons. The maximum absolute atomic E-state index is 12.5. The molecule has 9 heteroatoms. The predicted molar refractivity (Wildman–Crippen MR) is 127 cm³/mol. The fourth-order valence-electron chi connectivity index (χ4n) is 3.85. The highest BCUT2D eigenvalue weighted by Crippen LogP contribution is 2.32. The van der Waals surface area contributed by atoms with Gasteiger partial charge in [-0.05, 0) is 43.4 Å². The van der Waals surface area contributed by atoms with E-state index in [1.807, 2.05) is 36.4 Å². The minimum absolute atomic E-state index is 0.347. The van der Waals surface area contributed by atoms with Gasteiger partial charge >= 0.3 is 6.03 Å². The number of likely N-dealkylation sites (N-methyl/N-ethyl adjacent to an activating group) is 1. The Morgan fingerprint density at radius 1 is 0.848 bits per heavy atom. The summed E-state index contributed by atoms with van der Waals surface area (Å²) in [5.74, 6) is 2.19. The van der Waals surface area contributed by atoms with E-state index in [1.165, 1.54) is 0 Å². The predicted octanol–water partition coefficient (Wildman–Crippen LogP) is 3.31. The number of aromatic nitrogens is 2. The largest absolute Gasteiger partial charge is 0.486 e. The Hall–Kier alpha value is -3.85. The quantitative estimate of drug-likeness (QED) is 0.635. The second-order valence-corrected chi connectivity index (χ2v) is 8.09. The van der Waals surface area contributed by atoms with Gasteiger partial charge < -0.3 is 29.9 Å². The number of fused-ring (bicyclic) bond motifs is 1. The minimum Gasteiger partial charge on any atom is -0.486 e. The molecule has 2 aliphatic rings. The molecule has 0 saturated carbocycles. The number of amides is 2. The molecule has 9 nitrogen and oxygen atoms in total. The summed E-state index contributed by atoms with van der Waals surface area (Å²) in [5, 5.41) is 14.5. The van der Waals surface area contributed by atoms with Crippen molar-refractivity contribution < 1.29 is 14.3 Å². The van der Waals surface area contributed by atoms with Crippen molar-refractivity contribution in [1.82, 2.24) is 15.1 Å². The fourth-order valence-corrected chi connectivity index (χ4v) is 3.85. The summed E-state index contributed by atoms with van der Waals surface area (Å²) in [6, 6.07) is 16.5. The lowest BCUT2D eigenvalue weighted by atomic mass is 10.1. The maximum atomic E-state index is 12.5. The molecule has 0 spiro atoms. The number of nitrogens with one attached hydrogen (secondary N) is 2. The molecule has 1 fully saturated rings. The van der Waals surface area contributed by atoms with Crippen molar-refractivity contribution in [2.24, 2.45) is 0 Å². The molecule has 33 heavy (non-hydrogen) atoms. The van der Waals surface area contributed by atoms with Crippen LogP contribution in [0.2, 0.25) is 0 Å². The van der Waals surface area contributed by atoms with Gasteiger partial charge in [0.15, 0.2) is 17.3 Å². The molecule has 3 heterocycles. The van der Waals surface area contributed by atoms with Crippen LogP contribution in [0.3, 0.4) is 0 Å². The summed E-state index contributed by atoms with van der Waals surface area (Å²) in [6.45, 7) is 4.95. The Kier molecular flexibility index (Phi) is 5.95. The van der Waals surface area contributed by atoms with E-state index in [0.717, 1.165) is 43.3 Å². The van der Waals surface area contributed by atoms with Crippen LogP contribution in [-0.2, 0) is 0 Å². The smallest absolute Gasteiger partial charge is 0.323 e. The van der Waals surface area contributed by atoms with E-state index < -0.39 is 0 Å². The number of benzene rings is 2. The van der Waals surface area contributed by atoms with Crippen LogP contribution in [0.25, 0.3) is 11.3 Å². The highest BCUT2D eigenvalue weighted by atomic mass is 16.6. The number of nitrogens with zero attached hydrogens (tertiary/aromatic N) is 4. The number of carbonyl (C=O) groups is 1. The second kappa shape index (κ2) is 9.33. The zero-order chi connectivity index (χ0) is 22.6. The fraction of sp³-hybridized carbons (Fsp3) is 0.292. The van der Waals surface area contributed by atoms with Crippen LogP contribution in [0, 0.1) is 0 Å². The van der Waals surface area contributed by atoms with Crippen molar-refractivity contribution in [3.63, 3.8) is 0 Å². The molecule has 3 aromatic rings. The van der Waals surface area contributed by atoms with Crippen LogP contribution in [0.4, 0.5) is 22.0 Å². The topological polar surface area (TPSA) is 91.9 Å². The number of anilines is 3. The first-order valence-electron chi connectivity index (χ1n) is 11.0. The Morgan fingerprint density at radius 2 is 1.61 bits per heavy atom. The molecular formula is C24H26N6O3. The van der Waals surface area contributed by atoms with E-state index in [1.54, 1.807) is 18.2 Å². The van der Waals surface area contributed by atoms with E-state index in [0.29, 0.717) is 36.1 Å². The Morgan fingerprint density at radius 3 is 2.36 bits per heavy atom. The van der Waals surface area contributed by atoms with Crippen molar-refractivity contribution >= 4 is 23.2 Å².